The highest BCUT2D eigenvalue weighted by molar-refractivity contribution is 6.01. The van der Waals surface area contributed by atoms with Crippen LogP contribution in [0, 0.1) is 5.41 Å². The third kappa shape index (κ3) is 3.89. The summed E-state index contributed by atoms with van der Waals surface area (Å²) in [6.07, 6.45) is 6.35. The number of rotatable bonds is 5. The fourth-order valence-electron chi connectivity index (χ4n) is 2.69. The molecule has 0 bridgehead atoms. The van der Waals surface area contributed by atoms with Crippen molar-refractivity contribution in [3.8, 4) is 0 Å². The first-order valence-electron chi connectivity index (χ1n) is 7.89. The maximum absolute atomic E-state index is 12.5. The third-order valence-electron chi connectivity index (χ3n) is 3.79. The Morgan fingerprint density at radius 2 is 1.70 bits per heavy atom. The Balaban J connectivity index is 2.33. The van der Waals surface area contributed by atoms with Crippen LogP contribution in [0.15, 0.2) is 48.1 Å². The van der Waals surface area contributed by atoms with E-state index in [1.807, 2.05) is 48.6 Å². The smallest absolute Gasteiger partial charge is 0.324 e. The van der Waals surface area contributed by atoms with Crippen molar-refractivity contribution in [1.29, 1.82) is 0 Å². The summed E-state index contributed by atoms with van der Waals surface area (Å²) in [5.74, 6) is -1.02. The molecule has 4 nitrogen and oxygen atoms in total. The van der Waals surface area contributed by atoms with Crippen LogP contribution < -0.4 is 0 Å². The lowest BCUT2D eigenvalue weighted by molar-refractivity contribution is -0.172. The minimum Gasteiger partial charge on any atom is -0.465 e. The fraction of sp³-hybridized carbons (Fsp3) is 0.368. The van der Waals surface area contributed by atoms with Crippen molar-refractivity contribution in [1.82, 2.24) is 0 Å². The zero-order valence-corrected chi connectivity index (χ0v) is 13.6. The highest BCUT2D eigenvalue weighted by atomic mass is 16.6. The van der Waals surface area contributed by atoms with Gasteiger partial charge in [-0.2, -0.15) is 0 Å². The van der Waals surface area contributed by atoms with Crippen molar-refractivity contribution in [2.24, 2.45) is 5.41 Å². The third-order valence-corrected chi connectivity index (χ3v) is 3.79. The Kier molecular flexibility index (Phi) is 5.74. The van der Waals surface area contributed by atoms with Gasteiger partial charge in [0.1, 0.15) is 0 Å². The van der Waals surface area contributed by atoms with E-state index < -0.39 is 17.4 Å². The molecule has 0 N–H and O–H groups in total. The zero-order valence-electron chi connectivity index (χ0n) is 13.6. The summed E-state index contributed by atoms with van der Waals surface area (Å²) < 4.78 is 10.3. The van der Waals surface area contributed by atoms with E-state index in [4.69, 9.17) is 9.47 Å². The van der Waals surface area contributed by atoms with Gasteiger partial charge in [-0.25, -0.2) is 0 Å². The topological polar surface area (TPSA) is 52.6 Å². The molecule has 23 heavy (non-hydrogen) atoms. The summed E-state index contributed by atoms with van der Waals surface area (Å²) in [6, 6.07) is 9.80. The quantitative estimate of drug-likeness (QED) is 0.616. The molecule has 1 aromatic rings. The van der Waals surface area contributed by atoms with Crippen LogP contribution in [-0.2, 0) is 19.1 Å². The van der Waals surface area contributed by atoms with Crippen LogP contribution >= 0.6 is 0 Å². The van der Waals surface area contributed by atoms with Gasteiger partial charge in [-0.3, -0.25) is 9.59 Å². The van der Waals surface area contributed by atoms with E-state index in [0.717, 1.165) is 11.1 Å². The van der Waals surface area contributed by atoms with Crippen molar-refractivity contribution in [2.45, 2.75) is 26.7 Å². The van der Waals surface area contributed by atoms with Crippen LogP contribution in [0.4, 0.5) is 0 Å². The lowest BCUT2D eigenvalue weighted by Crippen LogP contribution is -2.43. The molecule has 0 amide bonds. The predicted octanol–water partition coefficient (Wildman–Crippen LogP) is 3.53. The number of esters is 2. The Morgan fingerprint density at radius 3 is 2.26 bits per heavy atom. The van der Waals surface area contributed by atoms with Gasteiger partial charge in [-0.15, -0.1) is 0 Å². The van der Waals surface area contributed by atoms with Crippen LogP contribution in [0.1, 0.15) is 32.3 Å². The standard InChI is InChI=1S/C19H22O4/c1-3-22-17(20)19(18(21)23-4-2)12-8-11-16(14-19)13-15-9-6-5-7-10-15/h5-11,13H,3-4,12,14H2,1-2H3/b16-13-. The Bertz CT molecular complexity index is 596. The largest absolute Gasteiger partial charge is 0.465 e. The van der Waals surface area contributed by atoms with E-state index in [-0.39, 0.29) is 19.6 Å². The van der Waals surface area contributed by atoms with Crippen LogP contribution in [0.2, 0.25) is 0 Å². The molecule has 0 aromatic heterocycles. The van der Waals surface area contributed by atoms with Crippen molar-refractivity contribution in [2.75, 3.05) is 13.2 Å². The lowest BCUT2D eigenvalue weighted by Gasteiger charge is -2.31. The molecule has 0 unspecified atom stereocenters. The molecule has 0 atom stereocenters. The molecule has 1 aliphatic rings. The van der Waals surface area contributed by atoms with Gasteiger partial charge >= 0.3 is 11.9 Å². The van der Waals surface area contributed by atoms with Crippen molar-refractivity contribution in [3.05, 3.63) is 53.6 Å². The molecule has 0 spiro atoms. The summed E-state index contributed by atoms with van der Waals surface area (Å²) in [4.78, 5) is 24.9. The fourth-order valence-corrected chi connectivity index (χ4v) is 2.69. The highest BCUT2D eigenvalue weighted by Gasteiger charge is 2.49. The van der Waals surface area contributed by atoms with E-state index >= 15 is 0 Å². The first-order chi connectivity index (χ1) is 11.1. The number of ether oxygens (including phenoxy) is 2. The summed E-state index contributed by atoms with van der Waals surface area (Å²) >= 11 is 0. The summed E-state index contributed by atoms with van der Waals surface area (Å²) in [5, 5.41) is 0. The average Bonchev–Trinajstić information content (AvgIpc) is 2.56. The number of hydrogen-bond donors (Lipinski definition) is 0. The monoisotopic (exact) mass is 314 g/mol. The second-order valence-corrected chi connectivity index (χ2v) is 5.44. The summed E-state index contributed by atoms with van der Waals surface area (Å²) in [5.41, 5.74) is 0.653. The van der Waals surface area contributed by atoms with Gasteiger partial charge in [0.05, 0.1) is 13.2 Å². The Hall–Kier alpha value is -2.36. The number of carbonyl (C=O) groups excluding carboxylic acids is 2. The lowest BCUT2D eigenvalue weighted by atomic mass is 9.74. The second kappa shape index (κ2) is 7.77. The van der Waals surface area contributed by atoms with E-state index in [1.54, 1.807) is 13.8 Å². The van der Waals surface area contributed by atoms with Gasteiger partial charge in [0.25, 0.3) is 0 Å². The molecule has 0 saturated heterocycles. The van der Waals surface area contributed by atoms with E-state index in [2.05, 4.69) is 0 Å². The van der Waals surface area contributed by atoms with Crippen molar-refractivity contribution in [3.63, 3.8) is 0 Å². The predicted molar refractivity (Wildman–Crippen MR) is 88.5 cm³/mol. The number of hydrogen-bond acceptors (Lipinski definition) is 4. The molecule has 1 aromatic carbocycles. The minimum atomic E-state index is -1.28. The second-order valence-electron chi connectivity index (χ2n) is 5.44. The molecule has 4 heteroatoms. The van der Waals surface area contributed by atoms with E-state index in [0.29, 0.717) is 6.42 Å². The molecule has 0 aliphatic heterocycles. The average molecular weight is 314 g/mol. The first kappa shape index (κ1) is 17.0. The van der Waals surface area contributed by atoms with Gasteiger partial charge in [0.15, 0.2) is 5.41 Å². The molecule has 1 aliphatic carbocycles. The molecule has 0 fully saturated rings. The maximum Gasteiger partial charge on any atom is 0.324 e. The van der Waals surface area contributed by atoms with Crippen LogP contribution in [0.25, 0.3) is 6.08 Å². The first-order valence-corrected chi connectivity index (χ1v) is 7.89. The zero-order chi connectivity index (χ0) is 16.7. The molecule has 122 valence electrons. The highest BCUT2D eigenvalue weighted by Crippen LogP contribution is 2.38. The molecule has 0 radical (unpaired) electrons. The maximum atomic E-state index is 12.5. The summed E-state index contributed by atoms with van der Waals surface area (Å²) in [7, 11) is 0. The van der Waals surface area contributed by atoms with Crippen LogP contribution in [-0.4, -0.2) is 25.2 Å². The van der Waals surface area contributed by atoms with Crippen LogP contribution in [0.3, 0.4) is 0 Å². The molecular formula is C19H22O4. The van der Waals surface area contributed by atoms with Crippen molar-refractivity contribution < 1.29 is 19.1 Å². The minimum absolute atomic E-state index is 0.238. The van der Waals surface area contributed by atoms with Crippen LogP contribution in [0.5, 0.6) is 0 Å². The molecular weight excluding hydrogens is 292 g/mol. The van der Waals surface area contributed by atoms with E-state index in [9.17, 15) is 9.59 Å². The molecule has 2 rings (SSSR count). The van der Waals surface area contributed by atoms with Gasteiger partial charge in [-0.1, -0.05) is 48.6 Å². The normalized spacial score (nSPS) is 17.7. The Labute approximate surface area is 136 Å². The number of allylic oxidation sites excluding steroid dienone is 3. The number of carbonyl (C=O) groups is 2. The van der Waals surface area contributed by atoms with Gasteiger partial charge in [-0.05, 0) is 37.8 Å². The number of benzene rings is 1. The molecule has 0 heterocycles. The van der Waals surface area contributed by atoms with Gasteiger partial charge < -0.3 is 9.47 Å². The Morgan fingerprint density at radius 1 is 1.09 bits per heavy atom. The SMILES string of the molecule is CCOC(=O)C1(C(=O)OCC)CC=C/C(=C/c2ccccc2)C1. The van der Waals surface area contributed by atoms with Gasteiger partial charge in [0, 0.05) is 0 Å². The van der Waals surface area contributed by atoms with Crippen molar-refractivity contribution >= 4 is 18.0 Å². The summed E-state index contributed by atoms with van der Waals surface area (Å²) in [6.45, 7) is 3.94. The van der Waals surface area contributed by atoms with E-state index in [1.165, 1.54) is 0 Å². The van der Waals surface area contributed by atoms with Gasteiger partial charge in [0.2, 0.25) is 0 Å². The molecule has 0 saturated carbocycles.